The van der Waals surface area contributed by atoms with E-state index in [1.165, 1.54) is 33.5 Å². The van der Waals surface area contributed by atoms with Crippen molar-refractivity contribution < 1.29 is 33.3 Å². The molecule has 29 heavy (non-hydrogen) atoms. The van der Waals surface area contributed by atoms with E-state index in [-0.39, 0.29) is 28.9 Å². The van der Waals surface area contributed by atoms with Crippen molar-refractivity contribution in [2.24, 2.45) is 0 Å². The number of hydrogen-bond donors (Lipinski definition) is 1. The number of fused-ring (bicyclic) bond motifs is 1. The molecule has 0 fully saturated rings. The van der Waals surface area contributed by atoms with Crippen LogP contribution in [0.1, 0.15) is 39.1 Å². The first-order chi connectivity index (χ1) is 13.9. The average molecular weight is 399 g/mol. The Morgan fingerprint density at radius 3 is 2.28 bits per heavy atom. The third-order valence-electron chi connectivity index (χ3n) is 4.75. The van der Waals surface area contributed by atoms with Crippen molar-refractivity contribution in [1.29, 1.82) is 0 Å². The second-order valence-electron chi connectivity index (χ2n) is 6.42. The summed E-state index contributed by atoms with van der Waals surface area (Å²) in [5.74, 6) is -0.609. The quantitative estimate of drug-likeness (QED) is 0.564. The minimum Gasteiger partial charge on any atom is -0.496 e. The SMILES string of the molecule is COc1cc(OC)c(C(=O)OCC(=O)c2ccc3c(c2)[C@@H](C)C(=O)N3)cc1OC. The molecule has 8 nitrogen and oxygen atoms in total. The van der Waals surface area contributed by atoms with Crippen LogP contribution in [0.25, 0.3) is 0 Å². The zero-order valence-electron chi connectivity index (χ0n) is 16.5. The lowest BCUT2D eigenvalue weighted by Crippen LogP contribution is -2.15. The molecule has 0 saturated carbocycles. The molecule has 3 rings (SSSR count). The largest absolute Gasteiger partial charge is 0.496 e. The summed E-state index contributed by atoms with van der Waals surface area (Å²) in [7, 11) is 4.32. The van der Waals surface area contributed by atoms with Crippen molar-refractivity contribution in [2.45, 2.75) is 12.8 Å². The van der Waals surface area contributed by atoms with Crippen molar-refractivity contribution in [3.8, 4) is 17.2 Å². The molecule has 1 N–H and O–H groups in total. The summed E-state index contributed by atoms with van der Waals surface area (Å²) in [6.45, 7) is 1.31. The highest BCUT2D eigenvalue weighted by molar-refractivity contribution is 6.05. The zero-order chi connectivity index (χ0) is 21.1. The Morgan fingerprint density at radius 1 is 0.966 bits per heavy atom. The zero-order valence-corrected chi connectivity index (χ0v) is 16.5. The average Bonchev–Trinajstić information content (AvgIpc) is 3.03. The molecule has 0 radical (unpaired) electrons. The van der Waals surface area contributed by atoms with Gasteiger partial charge in [0, 0.05) is 23.4 Å². The molecule has 2 aromatic carbocycles. The van der Waals surface area contributed by atoms with Gasteiger partial charge in [-0.15, -0.1) is 0 Å². The van der Waals surface area contributed by atoms with E-state index in [4.69, 9.17) is 18.9 Å². The smallest absolute Gasteiger partial charge is 0.342 e. The summed E-state index contributed by atoms with van der Waals surface area (Å²) in [4.78, 5) is 36.7. The van der Waals surface area contributed by atoms with Crippen LogP contribution in [0, 0.1) is 0 Å². The fraction of sp³-hybridized carbons (Fsp3) is 0.286. The molecule has 0 aliphatic carbocycles. The summed E-state index contributed by atoms with van der Waals surface area (Å²) >= 11 is 0. The summed E-state index contributed by atoms with van der Waals surface area (Å²) in [6.07, 6.45) is 0. The number of amides is 1. The predicted octanol–water partition coefficient (Wildman–Crippen LogP) is 2.81. The fourth-order valence-electron chi connectivity index (χ4n) is 3.07. The number of Topliss-reactive ketones (excluding diaryl/α,β-unsaturated/α-hetero) is 1. The Kier molecular flexibility index (Phi) is 5.72. The van der Waals surface area contributed by atoms with Gasteiger partial charge in [0.05, 0.1) is 27.2 Å². The summed E-state index contributed by atoms with van der Waals surface area (Å²) in [5, 5.41) is 2.75. The Morgan fingerprint density at radius 2 is 1.62 bits per heavy atom. The predicted molar refractivity (Wildman–Crippen MR) is 104 cm³/mol. The number of carbonyl (C=O) groups is 3. The number of hydrogen-bond acceptors (Lipinski definition) is 7. The van der Waals surface area contributed by atoms with Crippen LogP contribution in [0.2, 0.25) is 0 Å². The molecule has 8 heteroatoms. The third-order valence-corrected chi connectivity index (χ3v) is 4.75. The number of esters is 1. The molecule has 0 aromatic heterocycles. The fourth-order valence-corrected chi connectivity index (χ4v) is 3.07. The van der Waals surface area contributed by atoms with Gasteiger partial charge in [-0.3, -0.25) is 9.59 Å². The third kappa shape index (κ3) is 3.87. The number of rotatable bonds is 7. The topological polar surface area (TPSA) is 100 Å². The van der Waals surface area contributed by atoms with Crippen molar-refractivity contribution in [2.75, 3.05) is 33.3 Å². The lowest BCUT2D eigenvalue weighted by Gasteiger charge is -2.13. The van der Waals surface area contributed by atoms with Gasteiger partial charge in [-0.05, 0) is 30.7 Å². The van der Waals surface area contributed by atoms with E-state index in [1.807, 2.05) is 0 Å². The van der Waals surface area contributed by atoms with Crippen LogP contribution in [0.3, 0.4) is 0 Å². The minimum atomic E-state index is -0.734. The van der Waals surface area contributed by atoms with Gasteiger partial charge in [-0.2, -0.15) is 0 Å². The first-order valence-corrected chi connectivity index (χ1v) is 8.84. The summed E-state index contributed by atoms with van der Waals surface area (Å²) in [6, 6.07) is 7.83. The Labute approximate surface area is 167 Å². The van der Waals surface area contributed by atoms with E-state index in [1.54, 1.807) is 25.1 Å². The standard InChI is InChI=1S/C21H21NO7/c1-11-13-7-12(5-6-15(13)22-20(11)24)16(23)10-29-21(25)14-8-18(27-3)19(28-4)9-17(14)26-2/h5-9,11H,10H2,1-4H3,(H,22,24)/t11-/m1/s1. The van der Waals surface area contributed by atoms with Gasteiger partial charge in [0.15, 0.2) is 23.9 Å². The first kappa shape index (κ1) is 20.2. The number of ketones is 1. The molecule has 0 unspecified atom stereocenters. The van der Waals surface area contributed by atoms with Gasteiger partial charge in [-0.25, -0.2) is 4.79 Å². The van der Waals surface area contributed by atoms with Crippen LogP contribution in [-0.2, 0) is 9.53 Å². The molecule has 1 amide bonds. The van der Waals surface area contributed by atoms with Crippen molar-refractivity contribution in [3.05, 3.63) is 47.0 Å². The van der Waals surface area contributed by atoms with E-state index in [9.17, 15) is 14.4 Å². The van der Waals surface area contributed by atoms with Crippen molar-refractivity contribution in [3.63, 3.8) is 0 Å². The number of methoxy groups -OCH3 is 3. The number of benzene rings is 2. The minimum absolute atomic E-state index is 0.107. The summed E-state index contributed by atoms with van der Waals surface area (Å²) < 4.78 is 20.8. The van der Waals surface area contributed by atoms with Crippen LogP contribution in [-0.4, -0.2) is 45.6 Å². The Balaban J connectivity index is 1.74. The highest BCUT2D eigenvalue weighted by Crippen LogP contribution is 2.35. The molecule has 0 spiro atoms. The Bertz CT molecular complexity index is 983. The van der Waals surface area contributed by atoms with Crippen molar-refractivity contribution in [1.82, 2.24) is 0 Å². The second kappa shape index (κ2) is 8.22. The van der Waals surface area contributed by atoms with Gasteiger partial charge in [-0.1, -0.05) is 0 Å². The van der Waals surface area contributed by atoms with E-state index < -0.39 is 12.6 Å². The van der Waals surface area contributed by atoms with Crippen molar-refractivity contribution >= 4 is 23.3 Å². The maximum Gasteiger partial charge on any atom is 0.342 e. The van der Waals surface area contributed by atoms with Gasteiger partial charge >= 0.3 is 5.97 Å². The van der Waals surface area contributed by atoms with Gasteiger partial charge < -0.3 is 24.3 Å². The van der Waals surface area contributed by atoms with Crippen LogP contribution >= 0.6 is 0 Å². The molecule has 152 valence electrons. The molecular formula is C21H21NO7. The maximum atomic E-state index is 12.5. The second-order valence-corrected chi connectivity index (χ2v) is 6.42. The van der Waals surface area contributed by atoms with Crippen LogP contribution in [0.4, 0.5) is 5.69 Å². The molecule has 1 atom stereocenters. The van der Waals surface area contributed by atoms with Gasteiger partial charge in [0.2, 0.25) is 5.91 Å². The molecule has 0 saturated heterocycles. The van der Waals surface area contributed by atoms with Crippen LogP contribution in [0.15, 0.2) is 30.3 Å². The number of ether oxygens (including phenoxy) is 4. The highest BCUT2D eigenvalue weighted by Gasteiger charge is 2.27. The molecule has 2 aromatic rings. The summed E-state index contributed by atoms with van der Waals surface area (Å²) in [5.41, 5.74) is 1.90. The molecule has 1 heterocycles. The maximum absolute atomic E-state index is 12.5. The van der Waals surface area contributed by atoms with E-state index in [2.05, 4.69) is 5.32 Å². The van der Waals surface area contributed by atoms with E-state index >= 15 is 0 Å². The normalized spacial score (nSPS) is 14.6. The van der Waals surface area contributed by atoms with E-state index in [0.29, 0.717) is 22.7 Å². The Hall–Kier alpha value is -3.55. The van der Waals surface area contributed by atoms with Gasteiger partial charge in [0.1, 0.15) is 11.3 Å². The lowest BCUT2D eigenvalue weighted by molar-refractivity contribution is -0.116. The molecular weight excluding hydrogens is 378 g/mol. The van der Waals surface area contributed by atoms with Gasteiger partial charge in [0.25, 0.3) is 0 Å². The molecule has 0 bridgehead atoms. The number of anilines is 1. The van der Waals surface area contributed by atoms with Crippen LogP contribution in [0.5, 0.6) is 17.2 Å². The van der Waals surface area contributed by atoms with Crippen LogP contribution < -0.4 is 19.5 Å². The highest BCUT2D eigenvalue weighted by atomic mass is 16.5. The molecule has 1 aliphatic rings. The number of nitrogens with one attached hydrogen (secondary N) is 1. The first-order valence-electron chi connectivity index (χ1n) is 8.84. The monoisotopic (exact) mass is 399 g/mol. The molecule has 1 aliphatic heterocycles. The number of carbonyl (C=O) groups excluding carboxylic acids is 3. The van der Waals surface area contributed by atoms with E-state index in [0.717, 1.165) is 5.56 Å². The lowest BCUT2D eigenvalue weighted by atomic mass is 9.99.